The summed E-state index contributed by atoms with van der Waals surface area (Å²) in [5.41, 5.74) is 5.33. The Balaban J connectivity index is 2.36. The van der Waals surface area contributed by atoms with Crippen LogP contribution in [0.5, 0.6) is 0 Å². The van der Waals surface area contributed by atoms with Crippen molar-refractivity contribution in [3.8, 4) is 0 Å². The predicted molar refractivity (Wildman–Crippen MR) is 78.4 cm³/mol. The third kappa shape index (κ3) is 3.14. The second-order valence-electron chi connectivity index (χ2n) is 4.82. The summed E-state index contributed by atoms with van der Waals surface area (Å²) >= 11 is 0. The minimum atomic E-state index is -3.91. The van der Waals surface area contributed by atoms with Crippen molar-refractivity contribution in [1.29, 1.82) is 0 Å². The quantitative estimate of drug-likeness (QED) is 0.492. The Bertz CT molecular complexity index is 639. The molecule has 8 nitrogen and oxygen atoms in total. The first-order valence-corrected chi connectivity index (χ1v) is 8.06. The van der Waals surface area contributed by atoms with E-state index in [1.807, 2.05) is 6.92 Å². The summed E-state index contributed by atoms with van der Waals surface area (Å²) < 4.78 is 26.5. The minimum absolute atomic E-state index is 0.186. The second-order valence-corrected chi connectivity index (χ2v) is 6.73. The van der Waals surface area contributed by atoms with Gasteiger partial charge in [0.05, 0.1) is 4.92 Å². The molecule has 9 heteroatoms. The van der Waals surface area contributed by atoms with E-state index in [1.165, 1.54) is 10.4 Å². The van der Waals surface area contributed by atoms with Crippen LogP contribution in [-0.2, 0) is 10.0 Å². The number of nitro groups is 1. The van der Waals surface area contributed by atoms with Gasteiger partial charge in [-0.15, -0.1) is 0 Å². The minimum Gasteiger partial charge on any atom is -0.399 e. The number of hydrogen-bond acceptors (Lipinski definition) is 6. The molecule has 2 N–H and O–H groups in total. The van der Waals surface area contributed by atoms with E-state index in [2.05, 4.69) is 4.90 Å². The molecule has 0 aliphatic carbocycles. The number of rotatable bonds is 4. The van der Waals surface area contributed by atoms with E-state index in [0.717, 1.165) is 18.7 Å². The molecule has 0 bridgehead atoms. The maximum absolute atomic E-state index is 12.6. The Morgan fingerprint density at radius 2 is 1.90 bits per heavy atom. The van der Waals surface area contributed by atoms with Crippen LogP contribution in [0.4, 0.5) is 11.4 Å². The van der Waals surface area contributed by atoms with Crippen LogP contribution in [0.1, 0.15) is 6.92 Å². The van der Waals surface area contributed by atoms with Crippen molar-refractivity contribution in [3.63, 3.8) is 0 Å². The highest BCUT2D eigenvalue weighted by atomic mass is 32.2. The highest BCUT2D eigenvalue weighted by molar-refractivity contribution is 7.89. The Labute approximate surface area is 123 Å². The maximum Gasteiger partial charge on any atom is 0.289 e. The predicted octanol–water partition coefficient (Wildman–Crippen LogP) is 0.503. The fourth-order valence-electron chi connectivity index (χ4n) is 2.31. The number of benzene rings is 1. The van der Waals surface area contributed by atoms with Gasteiger partial charge in [0.25, 0.3) is 5.69 Å². The van der Waals surface area contributed by atoms with E-state index in [9.17, 15) is 18.5 Å². The Kier molecular flexibility index (Phi) is 4.45. The molecular formula is C12H18N4O4S. The zero-order valence-corrected chi connectivity index (χ0v) is 12.5. The fraction of sp³-hybridized carbons (Fsp3) is 0.500. The lowest BCUT2D eigenvalue weighted by molar-refractivity contribution is -0.387. The van der Waals surface area contributed by atoms with Gasteiger partial charge in [-0.3, -0.25) is 10.1 Å². The molecule has 1 aliphatic rings. The first-order valence-electron chi connectivity index (χ1n) is 6.62. The lowest BCUT2D eigenvalue weighted by Gasteiger charge is -2.33. The van der Waals surface area contributed by atoms with Gasteiger partial charge in [-0.1, -0.05) is 6.92 Å². The molecule has 0 aromatic heterocycles. The third-order valence-electron chi connectivity index (χ3n) is 3.58. The van der Waals surface area contributed by atoms with Gasteiger partial charge in [0.2, 0.25) is 10.0 Å². The number of piperazine rings is 1. The van der Waals surface area contributed by atoms with Crippen LogP contribution in [0, 0.1) is 10.1 Å². The van der Waals surface area contributed by atoms with Gasteiger partial charge >= 0.3 is 0 Å². The summed E-state index contributed by atoms with van der Waals surface area (Å²) in [6.45, 7) is 4.74. The largest absolute Gasteiger partial charge is 0.399 e. The summed E-state index contributed by atoms with van der Waals surface area (Å²) in [4.78, 5) is 12.1. The fourth-order valence-corrected chi connectivity index (χ4v) is 3.93. The molecule has 1 heterocycles. The monoisotopic (exact) mass is 314 g/mol. The number of hydrogen-bond donors (Lipinski definition) is 1. The van der Waals surface area contributed by atoms with E-state index in [4.69, 9.17) is 5.73 Å². The molecule has 116 valence electrons. The molecule has 21 heavy (non-hydrogen) atoms. The van der Waals surface area contributed by atoms with Crippen molar-refractivity contribution in [2.45, 2.75) is 11.8 Å². The molecule has 0 unspecified atom stereocenters. The molecule has 0 spiro atoms. The summed E-state index contributed by atoms with van der Waals surface area (Å²) in [5.74, 6) is 0. The molecule has 0 amide bonds. The number of nitro benzene ring substituents is 1. The number of nitrogens with two attached hydrogens (primary N) is 1. The molecular weight excluding hydrogens is 296 g/mol. The summed E-state index contributed by atoms with van der Waals surface area (Å²) in [6.07, 6.45) is 0. The Morgan fingerprint density at radius 3 is 2.43 bits per heavy atom. The molecule has 1 aromatic rings. The van der Waals surface area contributed by atoms with E-state index >= 15 is 0 Å². The first kappa shape index (κ1) is 15.7. The van der Waals surface area contributed by atoms with E-state index in [0.29, 0.717) is 26.2 Å². The van der Waals surface area contributed by atoms with Gasteiger partial charge in [-0.25, -0.2) is 8.42 Å². The van der Waals surface area contributed by atoms with Crippen LogP contribution in [0.3, 0.4) is 0 Å². The molecule has 2 rings (SSSR count). The standard InChI is InChI=1S/C12H18N4O4S/c1-2-14-5-7-15(8-6-14)21(19,20)12-9-10(13)3-4-11(12)16(17)18/h3-4,9H,2,5-8,13H2,1H3. The third-order valence-corrected chi connectivity index (χ3v) is 5.50. The molecule has 0 saturated carbocycles. The van der Waals surface area contributed by atoms with Crippen LogP contribution < -0.4 is 5.73 Å². The molecule has 0 radical (unpaired) electrons. The molecule has 0 atom stereocenters. The van der Waals surface area contributed by atoms with Crippen molar-refractivity contribution in [1.82, 2.24) is 9.21 Å². The van der Waals surface area contributed by atoms with Crippen LogP contribution in [0.25, 0.3) is 0 Å². The zero-order valence-electron chi connectivity index (χ0n) is 11.7. The van der Waals surface area contributed by atoms with Crippen LogP contribution >= 0.6 is 0 Å². The summed E-state index contributed by atoms with van der Waals surface area (Å²) in [6, 6.07) is 3.61. The van der Waals surface area contributed by atoms with E-state index < -0.39 is 20.6 Å². The van der Waals surface area contributed by atoms with Gasteiger partial charge < -0.3 is 10.6 Å². The topological polar surface area (TPSA) is 110 Å². The number of nitrogen functional groups attached to an aromatic ring is 1. The normalized spacial score (nSPS) is 17.8. The van der Waals surface area contributed by atoms with Crippen molar-refractivity contribution < 1.29 is 13.3 Å². The van der Waals surface area contributed by atoms with Gasteiger partial charge in [0.1, 0.15) is 0 Å². The SMILES string of the molecule is CCN1CCN(S(=O)(=O)c2cc(N)ccc2[N+](=O)[O-])CC1. The van der Waals surface area contributed by atoms with Crippen molar-refractivity contribution >= 4 is 21.4 Å². The van der Waals surface area contributed by atoms with Crippen LogP contribution in [0.2, 0.25) is 0 Å². The first-order chi connectivity index (χ1) is 9.86. The maximum atomic E-state index is 12.6. The van der Waals surface area contributed by atoms with Crippen molar-refractivity contribution in [2.24, 2.45) is 0 Å². The average Bonchev–Trinajstić information content (AvgIpc) is 2.47. The molecule has 1 fully saturated rings. The Hall–Kier alpha value is -1.71. The lowest BCUT2D eigenvalue weighted by atomic mass is 10.3. The van der Waals surface area contributed by atoms with Gasteiger partial charge in [0, 0.05) is 37.9 Å². The highest BCUT2D eigenvalue weighted by Gasteiger charge is 2.33. The average molecular weight is 314 g/mol. The second kappa shape index (κ2) is 5.96. The number of sulfonamides is 1. The van der Waals surface area contributed by atoms with Gasteiger partial charge in [-0.05, 0) is 18.7 Å². The summed E-state index contributed by atoms with van der Waals surface area (Å²) in [5, 5.41) is 11.0. The smallest absolute Gasteiger partial charge is 0.289 e. The van der Waals surface area contributed by atoms with Crippen molar-refractivity contribution in [3.05, 3.63) is 28.3 Å². The lowest BCUT2D eigenvalue weighted by Crippen LogP contribution is -2.48. The van der Waals surface area contributed by atoms with Gasteiger partial charge in [0.15, 0.2) is 4.90 Å². The highest BCUT2D eigenvalue weighted by Crippen LogP contribution is 2.29. The number of nitrogens with zero attached hydrogens (tertiary/aromatic N) is 3. The molecule has 1 aliphatic heterocycles. The van der Waals surface area contributed by atoms with Crippen LogP contribution in [0.15, 0.2) is 23.1 Å². The number of likely N-dealkylation sites (N-methyl/N-ethyl adjacent to an activating group) is 1. The molecule has 1 aromatic carbocycles. The van der Waals surface area contributed by atoms with Crippen molar-refractivity contribution in [2.75, 3.05) is 38.5 Å². The van der Waals surface area contributed by atoms with E-state index in [1.54, 1.807) is 0 Å². The molecule has 1 saturated heterocycles. The van der Waals surface area contributed by atoms with E-state index in [-0.39, 0.29) is 10.6 Å². The zero-order chi connectivity index (χ0) is 15.6. The van der Waals surface area contributed by atoms with Crippen LogP contribution in [-0.4, -0.2) is 55.3 Å². The Morgan fingerprint density at radius 1 is 1.29 bits per heavy atom. The number of anilines is 1. The van der Waals surface area contributed by atoms with Gasteiger partial charge in [-0.2, -0.15) is 4.31 Å². The summed E-state index contributed by atoms with van der Waals surface area (Å²) in [7, 11) is -3.91.